The van der Waals surface area contributed by atoms with Gasteiger partial charge in [0.15, 0.2) is 0 Å². The van der Waals surface area contributed by atoms with E-state index in [0.29, 0.717) is 18.7 Å². The molecule has 0 spiro atoms. The zero-order valence-electron chi connectivity index (χ0n) is 10.1. The van der Waals surface area contributed by atoms with E-state index < -0.39 is 0 Å². The highest BCUT2D eigenvalue weighted by Crippen LogP contribution is 2.05. The van der Waals surface area contributed by atoms with Gasteiger partial charge >= 0.3 is 0 Å². The van der Waals surface area contributed by atoms with Crippen LogP contribution in [0.2, 0.25) is 0 Å². The molecule has 0 saturated heterocycles. The van der Waals surface area contributed by atoms with Gasteiger partial charge in [-0.3, -0.25) is 4.79 Å². The lowest BCUT2D eigenvalue weighted by Gasteiger charge is -2.06. The van der Waals surface area contributed by atoms with Gasteiger partial charge in [0.05, 0.1) is 0 Å². The molecule has 3 nitrogen and oxygen atoms in total. The van der Waals surface area contributed by atoms with Crippen molar-refractivity contribution in [2.24, 2.45) is 5.73 Å². The van der Waals surface area contributed by atoms with Gasteiger partial charge in [0.25, 0.3) is 5.91 Å². The van der Waals surface area contributed by atoms with E-state index in [1.54, 1.807) is 12.1 Å². The van der Waals surface area contributed by atoms with E-state index in [-0.39, 0.29) is 5.91 Å². The topological polar surface area (TPSA) is 55.1 Å². The van der Waals surface area contributed by atoms with Crippen LogP contribution in [0.4, 0.5) is 0 Å². The number of rotatable bonds is 4. The van der Waals surface area contributed by atoms with Gasteiger partial charge in [-0.25, -0.2) is 0 Å². The minimum atomic E-state index is -0.0613. The van der Waals surface area contributed by atoms with Crippen molar-refractivity contribution in [3.05, 3.63) is 71.3 Å². The predicted molar refractivity (Wildman–Crippen MR) is 71.9 cm³/mol. The highest BCUT2D eigenvalue weighted by Gasteiger charge is 2.03. The number of carbonyl (C=O) groups excluding carboxylic acids is 1. The third-order valence-electron chi connectivity index (χ3n) is 2.72. The molecule has 0 aromatic heterocycles. The number of nitrogens with two attached hydrogens (primary N) is 1. The third-order valence-corrected chi connectivity index (χ3v) is 2.72. The Morgan fingerprint density at radius 1 is 1.00 bits per heavy atom. The van der Waals surface area contributed by atoms with E-state index in [1.807, 2.05) is 42.5 Å². The van der Waals surface area contributed by atoms with Crippen LogP contribution >= 0.6 is 0 Å². The summed E-state index contributed by atoms with van der Waals surface area (Å²) >= 11 is 0. The molecule has 0 radical (unpaired) electrons. The standard InChI is InChI=1S/C15H16N2O/c16-10-12-5-4-6-13(9-12)11-17-15(18)14-7-2-1-3-8-14/h1-9H,10-11,16H2,(H,17,18). The fourth-order valence-electron chi connectivity index (χ4n) is 1.74. The molecule has 0 aliphatic carbocycles. The number of hydrogen-bond acceptors (Lipinski definition) is 2. The smallest absolute Gasteiger partial charge is 0.251 e. The molecule has 0 aliphatic rings. The molecule has 0 bridgehead atoms. The molecule has 0 heterocycles. The van der Waals surface area contributed by atoms with Crippen molar-refractivity contribution in [1.29, 1.82) is 0 Å². The maximum atomic E-state index is 11.8. The Labute approximate surface area is 107 Å². The van der Waals surface area contributed by atoms with Gasteiger partial charge in [0.2, 0.25) is 0 Å². The van der Waals surface area contributed by atoms with Crippen LogP contribution < -0.4 is 11.1 Å². The van der Waals surface area contributed by atoms with Gasteiger partial charge in [-0.15, -0.1) is 0 Å². The number of nitrogens with one attached hydrogen (secondary N) is 1. The maximum absolute atomic E-state index is 11.8. The van der Waals surface area contributed by atoms with Gasteiger partial charge in [-0.2, -0.15) is 0 Å². The molecule has 1 amide bonds. The first-order chi connectivity index (χ1) is 8.79. The molecule has 0 aliphatic heterocycles. The molecule has 0 fully saturated rings. The molecule has 3 heteroatoms. The average molecular weight is 240 g/mol. The number of benzene rings is 2. The molecular weight excluding hydrogens is 224 g/mol. The Bertz CT molecular complexity index is 523. The maximum Gasteiger partial charge on any atom is 0.251 e. The number of hydrogen-bond donors (Lipinski definition) is 2. The minimum Gasteiger partial charge on any atom is -0.348 e. The summed E-state index contributed by atoms with van der Waals surface area (Å²) in [6.07, 6.45) is 0. The summed E-state index contributed by atoms with van der Waals surface area (Å²) in [4.78, 5) is 11.8. The molecular formula is C15H16N2O. The van der Waals surface area contributed by atoms with Gasteiger partial charge < -0.3 is 11.1 Å². The Hall–Kier alpha value is -2.13. The molecule has 92 valence electrons. The molecule has 0 saturated carbocycles. The second kappa shape index (κ2) is 5.98. The van der Waals surface area contributed by atoms with Crippen LogP contribution in [0.25, 0.3) is 0 Å². The summed E-state index contributed by atoms with van der Waals surface area (Å²) in [7, 11) is 0. The van der Waals surface area contributed by atoms with Gasteiger partial charge in [-0.1, -0.05) is 42.5 Å². The first-order valence-corrected chi connectivity index (χ1v) is 5.91. The van der Waals surface area contributed by atoms with Crippen LogP contribution in [0, 0.1) is 0 Å². The molecule has 0 unspecified atom stereocenters. The van der Waals surface area contributed by atoms with E-state index >= 15 is 0 Å². The van der Waals surface area contributed by atoms with Crippen molar-refractivity contribution >= 4 is 5.91 Å². The van der Waals surface area contributed by atoms with E-state index in [9.17, 15) is 4.79 Å². The van der Waals surface area contributed by atoms with Crippen LogP contribution in [0.3, 0.4) is 0 Å². The molecule has 2 aromatic rings. The third kappa shape index (κ3) is 3.18. The fourth-order valence-corrected chi connectivity index (χ4v) is 1.74. The molecule has 18 heavy (non-hydrogen) atoms. The van der Waals surface area contributed by atoms with Crippen molar-refractivity contribution < 1.29 is 4.79 Å². The Morgan fingerprint density at radius 2 is 1.72 bits per heavy atom. The molecule has 2 rings (SSSR count). The highest BCUT2D eigenvalue weighted by molar-refractivity contribution is 5.94. The molecule has 0 atom stereocenters. The Kier molecular flexibility index (Phi) is 4.10. The largest absolute Gasteiger partial charge is 0.348 e. The second-order valence-corrected chi connectivity index (χ2v) is 4.07. The summed E-state index contributed by atoms with van der Waals surface area (Å²) in [5, 5.41) is 2.89. The first kappa shape index (κ1) is 12.3. The van der Waals surface area contributed by atoms with Crippen molar-refractivity contribution in [3.63, 3.8) is 0 Å². The SMILES string of the molecule is NCc1cccc(CNC(=O)c2ccccc2)c1. The quantitative estimate of drug-likeness (QED) is 0.859. The summed E-state index contributed by atoms with van der Waals surface area (Å²) in [6.45, 7) is 1.03. The first-order valence-electron chi connectivity index (χ1n) is 5.91. The normalized spacial score (nSPS) is 10.1. The van der Waals surface area contributed by atoms with Crippen molar-refractivity contribution in [1.82, 2.24) is 5.32 Å². The highest BCUT2D eigenvalue weighted by atomic mass is 16.1. The summed E-state index contributed by atoms with van der Waals surface area (Å²) in [5.74, 6) is -0.0613. The van der Waals surface area contributed by atoms with Gasteiger partial charge in [0, 0.05) is 18.7 Å². The van der Waals surface area contributed by atoms with E-state index in [2.05, 4.69) is 5.32 Å². The summed E-state index contributed by atoms with van der Waals surface area (Å²) < 4.78 is 0. The van der Waals surface area contributed by atoms with E-state index in [1.165, 1.54) is 0 Å². The van der Waals surface area contributed by atoms with Crippen LogP contribution in [0.1, 0.15) is 21.5 Å². The lowest BCUT2D eigenvalue weighted by atomic mass is 10.1. The summed E-state index contributed by atoms with van der Waals surface area (Å²) in [6, 6.07) is 17.1. The second-order valence-electron chi connectivity index (χ2n) is 4.07. The van der Waals surface area contributed by atoms with Crippen molar-refractivity contribution in [2.75, 3.05) is 0 Å². The fraction of sp³-hybridized carbons (Fsp3) is 0.133. The van der Waals surface area contributed by atoms with E-state index in [4.69, 9.17) is 5.73 Å². The minimum absolute atomic E-state index is 0.0613. The van der Waals surface area contributed by atoms with Gasteiger partial charge in [-0.05, 0) is 23.3 Å². The van der Waals surface area contributed by atoms with Crippen LogP contribution in [0.15, 0.2) is 54.6 Å². The van der Waals surface area contributed by atoms with Gasteiger partial charge in [0.1, 0.15) is 0 Å². The Morgan fingerprint density at radius 3 is 2.44 bits per heavy atom. The Balaban J connectivity index is 1.97. The average Bonchev–Trinajstić information content (AvgIpc) is 2.46. The number of carbonyl (C=O) groups is 1. The summed E-state index contributed by atoms with van der Waals surface area (Å²) in [5.41, 5.74) is 8.38. The van der Waals surface area contributed by atoms with E-state index in [0.717, 1.165) is 11.1 Å². The number of amides is 1. The monoisotopic (exact) mass is 240 g/mol. The zero-order chi connectivity index (χ0) is 12.8. The van der Waals surface area contributed by atoms with Crippen LogP contribution in [0.5, 0.6) is 0 Å². The van der Waals surface area contributed by atoms with Crippen LogP contribution in [-0.2, 0) is 13.1 Å². The molecule has 2 aromatic carbocycles. The lowest BCUT2D eigenvalue weighted by molar-refractivity contribution is 0.0951. The van der Waals surface area contributed by atoms with Crippen molar-refractivity contribution in [3.8, 4) is 0 Å². The molecule has 3 N–H and O–H groups in total. The van der Waals surface area contributed by atoms with Crippen molar-refractivity contribution in [2.45, 2.75) is 13.1 Å². The zero-order valence-corrected chi connectivity index (χ0v) is 10.1. The lowest BCUT2D eigenvalue weighted by Crippen LogP contribution is -2.22. The van der Waals surface area contributed by atoms with Crippen LogP contribution in [-0.4, -0.2) is 5.91 Å². The predicted octanol–water partition coefficient (Wildman–Crippen LogP) is 2.08.